The van der Waals surface area contributed by atoms with Gasteiger partial charge in [0.1, 0.15) is 11.9 Å². The summed E-state index contributed by atoms with van der Waals surface area (Å²) in [6.45, 7) is 4.01. The Morgan fingerprint density at radius 3 is 2.47 bits per heavy atom. The number of amides is 2. The number of anilines is 1. The fourth-order valence-corrected chi connectivity index (χ4v) is 3.61. The maximum absolute atomic E-state index is 13.0. The number of guanidine groups is 1. The molecule has 7 nitrogen and oxygen atoms in total. The van der Waals surface area contributed by atoms with Crippen molar-refractivity contribution in [3.63, 3.8) is 0 Å². The summed E-state index contributed by atoms with van der Waals surface area (Å²) in [7, 11) is 0. The van der Waals surface area contributed by atoms with Gasteiger partial charge in [-0.05, 0) is 29.8 Å². The third-order valence-corrected chi connectivity index (χ3v) is 5.24. The maximum Gasteiger partial charge on any atom is 0.249 e. The molecule has 156 valence electrons. The lowest BCUT2D eigenvalue weighted by molar-refractivity contribution is -0.125. The smallest absolute Gasteiger partial charge is 0.249 e. The molecule has 2 aliphatic heterocycles. The molecule has 1 atom stereocenters. The Hall–Kier alpha value is -3.26. The topological polar surface area (TPSA) is 77.0 Å². The van der Waals surface area contributed by atoms with Gasteiger partial charge in [-0.3, -0.25) is 19.8 Å². The predicted octanol–water partition coefficient (Wildman–Crippen LogP) is 1.83. The van der Waals surface area contributed by atoms with Crippen molar-refractivity contribution in [1.82, 2.24) is 15.1 Å². The van der Waals surface area contributed by atoms with Crippen LogP contribution in [0.4, 0.5) is 10.1 Å². The molecule has 0 bridgehead atoms. The first-order chi connectivity index (χ1) is 14.6. The number of piperazine rings is 1. The van der Waals surface area contributed by atoms with E-state index in [1.165, 1.54) is 29.8 Å². The number of benzene rings is 2. The van der Waals surface area contributed by atoms with Crippen molar-refractivity contribution in [3.05, 3.63) is 66.0 Å². The normalized spacial score (nSPS) is 19.8. The number of nitrogens with zero attached hydrogens (tertiary/aromatic N) is 3. The first-order valence-electron chi connectivity index (χ1n) is 10.0. The van der Waals surface area contributed by atoms with E-state index in [0.29, 0.717) is 11.6 Å². The average Bonchev–Trinajstić information content (AvgIpc) is 2.76. The van der Waals surface area contributed by atoms with E-state index in [2.05, 4.69) is 32.7 Å². The predicted molar refractivity (Wildman–Crippen MR) is 112 cm³/mol. The van der Waals surface area contributed by atoms with Crippen LogP contribution in [-0.2, 0) is 16.1 Å². The van der Waals surface area contributed by atoms with Gasteiger partial charge in [-0.2, -0.15) is 0 Å². The second-order valence-electron chi connectivity index (χ2n) is 7.47. The van der Waals surface area contributed by atoms with E-state index in [9.17, 15) is 14.0 Å². The summed E-state index contributed by atoms with van der Waals surface area (Å²) in [5, 5.41) is 5.49. The van der Waals surface area contributed by atoms with Gasteiger partial charge >= 0.3 is 0 Å². The fourth-order valence-electron chi connectivity index (χ4n) is 3.61. The fraction of sp³-hybridized carbons (Fsp3) is 0.318. The zero-order valence-corrected chi connectivity index (χ0v) is 16.6. The van der Waals surface area contributed by atoms with Crippen molar-refractivity contribution in [3.8, 4) is 0 Å². The lowest BCUT2D eigenvalue weighted by Gasteiger charge is -2.37. The summed E-state index contributed by atoms with van der Waals surface area (Å²) in [5.74, 6) is -0.538. The molecule has 2 aliphatic rings. The summed E-state index contributed by atoms with van der Waals surface area (Å²) in [6, 6.07) is 15.0. The maximum atomic E-state index is 13.0. The highest BCUT2D eigenvalue weighted by atomic mass is 19.1. The van der Waals surface area contributed by atoms with Crippen LogP contribution < -0.4 is 10.6 Å². The molecule has 0 spiro atoms. The molecule has 1 saturated heterocycles. The van der Waals surface area contributed by atoms with Crippen molar-refractivity contribution in [2.75, 3.05) is 31.5 Å². The van der Waals surface area contributed by atoms with Gasteiger partial charge < -0.3 is 10.2 Å². The monoisotopic (exact) mass is 409 g/mol. The van der Waals surface area contributed by atoms with Gasteiger partial charge in [0.15, 0.2) is 0 Å². The molecule has 2 heterocycles. The van der Waals surface area contributed by atoms with Gasteiger partial charge in [0.25, 0.3) is 0 Å². The Morgan fingerprint density at radius 1 is 1.07 bits per heavy atom. The van der Waals surface area contributed by atoms with E-state index >= 15 is 0 Å². The van der Waals surface area contributed by atoms with E-state index < -0.39 is 6.04 Å². The van der Waals surface area contributed by atoms with Gasteiger partial charge in [0.2, 0.25) is 17.8 Å². The molecule has 0 unspecified atom stereocenters. The summed E-state index contributed by atoms with van der Waals surface area (Å²) >= 11 is 0. The molecule has 4 rings (SSSR count). The van der Waals surface area contributed by atoms with Gasteiger partial charge in [0.05, 0.1) is 6.42 Å². The molecular formula is C22H24FN5O2. The van der Waals surface area contributed by atoms with E-state index in [-0.39, 0.29) is 24.1 Å². The number of rotatable bonds is 4. The molecule has 1 fully saturated rings. The summed E-state index contributed by atoms with van der Waals surface area (Å²) in [5.41, 5.74) is 1.74. The minimum Gasteiger partial charge on any atom is -0.340 e. The number of aliphatic imine (C=N–C) groups is 1. The van der Waals surface area contributed by atoms with E-state index in [1.54, 1.807) is 0 Å². The molecule has 2 N–H and O–H groups in total. The highest BCUT2D eigenvalue weighted by Gasteiger charge is 2.30. The van der Waals surface area contributed by atoms with Crippen LogP contribution >= 0.6 is 0 Å². The lowest BCUT2D eigenvalue weighted by Crippen LogP contribution is -2.56. The quantitative estimate of drug-likeness (QED) is 0.808. The molecule has 2 amide bonds. The molecule has 0 aromatic heterocycles. The Balaban J connectivity index is 1.36. The first kappa shape index (κ1) is 20.0. The zero-order chi connectivity index (χ0) is 20.9. The summed E-state index contributed by atoms with van der Waals surface area (Å²) < 4.78 is 13.0. The van der Waals surface area contributed by atoms with Crippen LogP contribution in [0.25, 0.3) is 0 Å². The van der Waals surface area contributed by atoms with Crippen LogP contribution in [0.2, 0.25) is 0 Å². The molecule has 0 aliphatic carbocycles. The molecule has 30 heavy (non-hydrogen) atoms. The Labute approximate surface area is 174 Å². The second kappa shape index (κ2) is 9.04. The molecule has 0 radical (unpaired) electrons. The first-order valence-corrected chi connectivity index (χ1v) is 10.0. The number of hydrogen-bond donors (Lipinski definition) is 2. The van der Waals surface area contributed by atoms with Crippen LogP contribution in [0.15, 0.2) is 59.6 Å². The van der Waals surface area contributed by atoms with E-state index in [1.807, 2.05) is 23.1 Å². The number of nitrogens with one attached hydrogen (secondary N) is 2. The zero-order valence-electron chi connectivity index (χ0n) is 16.6. The number of halogens is 1. The number of carbonyl (C=O) groups is 2. The number of carbonyl (C=O) groups excluding carboxylic acids is 2. The molecule has 0 saturated carbocycles. The van der Waals surface area contributed by atoms with Crippen LogP contribution in [0.3, 0.4) is 0 Å². The molecule has 2 aromatic rings. The van der Waals surface area contributed by atoms with Crippen molar-refractivity contribution in [1.29, 1.82) is 0 Å². The van der Waals surface area contributed by atoms with E-state index in [0.717, 1.165) is 32.7 Å². The van der Waals surface area contributed by atoms with Crippen LogP contribution in [0, 0.1) is 5.82 Å². The Bertz CT molecular complexity index is 924. The summed E-state index contributed by atoms with van der Waals surface area (Å²) in [6.07, 6.45) is -0.00942. The van der Waals surface area contributed by atoms with Gasteiger partial charge in [0, 0.05) is 38.4 Å². The third-order valence-electron chi connectivity index (χ3n) is 5.24. The average molecular weight is 409 g/mol. The second-order valence-corrected chi connectivity index (χ2v) is 7.47. The third kappa shape index (κ3) is 5.01. The van der Waals surface area contributed by atoms with Crippen molar-refractivity contribution < 1.29 is 14.0 Å². The molecular weight excluding hydrogens is 385 g/mol. The highest BCUT2D eigenvalue weighted by Crippen LogP contribution is 2.14. The molecule has 8 heteroatoms. The van der Waals surface area contributed by atoms with Gasteiger partial charge in [-0.25, -0.2) is 9.38 Å². The minimum absolute atomic E-state index is 0.00942. The molecule has 2 aromatic carbocycles. The minimum atomic E-state index is -0.804. The van der Waals surface area contributed by atoms with Crippen molar-refractivity contribution in [2.24, 2.45) is 4.99 Å². The van der Waals surface area contributed by atoms with Gasteiger partial charge in [-0.1, -0.05) is 30.3 Å². The van der Waals surface area contributed by atoms with Crippen molar-refractivity contribution >= 4 is 23.5 Å². The lowest BCUT2D eigenvalue weighted by atomic mass is 10.1. The van der Waals surface area contributed by atoms with E-state index in [4.69, 9.17) is 0 Å². The van der Waals surface area contributed by atoms with Crippen LogP contribution in [0.5, 0.6) is 0 Å². The van der Waals surface area contributed by atoms with Crippen LogP contribution in [-0.4, -0.2) is 59.8 Å². The summed E-state index contributed by atoms with van der Waals surface area (Å²) in [4.78, 5) is 33.6. The van der Waals surface area contributed by atoms with Crippen LogP contribution in [0.1, 0.15) is 12.0 Å². The Morgan fingerprint density at radius 2 is 1.77 bits per heavy atom. The van der Waals surface area contributed by atoms with Crippen molar-refractivity contribution in [2.45, 2.75) is 19.0 Å². The van der Waals surface area contributed by atoms with Gasteiger partial charge in [-0.15, -0.1) is 0 Å². The largest absolute Gasteiger partial charge is 0.340 e. The number of hydrogen-bond acceptors (Lipinski definition) is 5. The Kier molecular flexibility index (Phi) is 6.04. The highest BCUT2D eigenvalue weighted by molar-refractivity contribution is 6.05. The SMILES string of the molecule is O=C1C[C@@H](C(=O)Nc2ccc(F)cc2)N=C(N2CCN(Cc3ccccc3)CC2)N1. The standard InChI is InChI=1S/C22H24FN5O2/c23-17-6-8-18(9-7-17)24-21(30)19-14-20(29)26-22(25-19)28-12-10-27(11-13-28)15-16-4-2-1-3-5-16/h1-9,19H,10-15H2,(H,24,30)(H,25,26,29)/t19-/m0/s1.